The topological polar surface area (TPSA) is 50.8 Å². The molecule has 0 bridgehead atoms. The zero-order valence-corrected chi connectivity index (χ0v) is 14.6. The van der Waals surface area contributed by atoms with Crippen LogP contribution in [0.1, 0.15) is 39.2 Å². The highest BCUT2D eigenvalue weighted by atomic mass is 16.7. The fourth-order valence-electron chi connectivity index (χ4n) is 2.92. The van der Waals surface area contributed by atoms with E-state index in [0.29, 0.717) is 5.92 Å². The van der Waals surface area contributed by atoms with Crippen molar-refractivity contribution in [2.75, 3.05) is 20.1 Å². The van der Waals surface area contributed by atoms with Crippen molar-refractivity contribution in [3.63, 3.8) is 0 Å². The number of nitrogens with one attached hydrogen (secondary N) is 1. The van der Waals surface area contributed by atoms with Crippen LogP contribution < -0.4 is 10.8 Å². The van der Waals surface area contributed by atoms with Crippen LogP contribution >= 0.6 is 0 Å². The molecule has 1 aromatic rings. The molecule has 0 unspecified atom stereocenters. The Morgan fingerprint density at radius 2 is 1.65 bits per heavy atom. The van der Waals surface area contributed by atoms with Crippen LogP contribution in [-0.4, -0.2) is 49.4 Å². The van der Waals surface area contributed by atoms with Crippen LogP contribution in [0.2, 0.25) is 0 Å². The van der Waals surface area contributed by atoms with E-state index in [1.807, 2.05) is 4.90 Å². The van der Waals surface area contributed by atoms with Gasteiger partial charge in [0.1, 0.15) is 0 Å². The maximum atomic E-state index is 11.5. The van der Waals surface area contributed by atoms with Gasteiger partial charge in [-0.05, 0) is 38.7 Å². The molecular formula is C17H25BN2O3. The van der Waals surface area contributed by atoms with Gasteiger partial charge in [-0.2, -0.15) is 0 Å². The first-order valence-corrected chi connectivity index (χ1v) is 8.16. The highest BCUT2D eigenvalue weighted by Crippen LogP contribution is 2.36. The van der Waals surface area contributed by atoms with Crippen LogP contribution in [-0.2, 0) is 9.31 Å². The Labute approximate surface area is 138 Å². The maximum absolute atomic E-state index is 11.5. The smallest absolute Gasteiger partial charge is 0.399 e. The number of hydrogen-bond acceptors (Lipinski definition) is 3. The van der Waals surface area contributed by atoms with Gasteiger partial charge in [-0.3, -0.25) is 0 Å². The van der Waals surface area contributed by atoms with E-state index in [1.54, 1.807) is 7.05 Å². The van der Waals surface area contributed by atoms with E-state index in [4.69, 9.17) is 9.31 Å². The Morgan fingerprint density at radius 3 is 2.13 bits per heavy atom. The van der Waals surface area contributed by atoms with Gasteiger partial charge in [-0.15, -0.1) is 0 Å². The van der Waals surface area contributed by atoms with Gasteiger partial charge in [0.15, 0.2) is 0 Å². The molecule has 124 valence electrons. The average Bonchev–Trinajstić information content (AvgIpc) is 2.66. The molecule has 5 nitrogen and oxygen atoms in total. The molecule has 2 saturated heterocycles. The second-order valence-electron chi connectivity index (χ2n) is 7.41. The summed E-state index contributed by atoms with van der Waals surface area (Å²) in [6, 6.07) is 8.37. The van der Waals surface area contributed by atoms with E-state index in [9.17, 15) is 4.79 Å². The predicted molar refractivity (Wildman–Crippen MR) is 90.9 cm³/mol. The third kappa shape index (κ3) is 2.86. The van der Waals surface area contributed by atoms with Crippen LogP contribution in [0.15, 0.2) is 24.3 Å². The molecule has 23 heavy (non-hydrogen) atoms. The Kier molecular flexibility index (Phi) is 3.93. The van der Waals surface area contributed by atoms with Gasteiger partial charge in [0, 0.05) is 26.1 Å². The van der Waals surface area contributed by atoms with Crippen molar-refractivity contribution in [3.05, 3.63) is 29.8 Å². The zero-order chi connectivity index (χ0) is 16.8. The van der Waals surface area contributed by atoms with Crippen LogP contribution in [0.25, 0.3) is 0 Å². The standard InChI is InChI=1S/C17H25BN2O3/c1-16(2)17(3,4)23-18(22-16)14-8-6-12(7-9-14)13-10-20(11-13)15(21)19-5/h6-9,13H,10-11H2,1-5H3,(H,19,21). The predicted octanol–water partition coefficient (Wildman–Crippen LogP) is 1.72. The summed E-state index contributed by atoms with van der Waals surface area (Å²) in [5.74, 6) is 0.416. The van der Waals surface area contributed by atoms with E-state index in [-0.39, 0.29) is 24.4 Å². The molecular weight excluding hydrogens is 291 g/mol. The van der Waals surface area contributed by atoms with Gasteiger partial charge >= 0.3 is 13.1 Å². The number of benzene rings is 1. The quantitative estimate of drug-likeness (QED) is 0.846. The first-order valence-electron chi connectivity index (χ1n) is 8.16. The van der Waals surface area contributed by atoms with Crippen LogP contribution in [0.5, 0.6) is 0 Å². The van der Waals surface area contributed by atoms with Gasteiger partial charge in [-0.25, -0.2) is 4.79 Å². The normalized spacial score (nSPS) is 22.8. The molecule has 6 heteroatoms. The molecule has 2 aliphatic heterocycles. The summed E-state index contributed by atoms with van der Waals surface area (Å²) in [4.78, 5) is 13.3. The molecule has 0 radical (unpaired) electrons. The second kappa shape index (κ2) is 5.53. The summed E-state index contributed by atoms with van der Waals surface area (Å²) < 4.78 is 12.1. The summed E-state index contributed by atoms with van der Waals surface area (Å²) >= 11 is 0. The number of carbonyl (C=O) groups is 1. The molecule has 2 heterocycles. The fourth-order valence-corrected chi connectivity index (χ4v) is 2.92. The minimum absolute atomic E-state index is 0.00455. The number of urea groups is 1. The molecule has 2 amide bonds. The molecule has 0 aliphatic carbocycles. The Bertz CT molecular complexity index is 578. The number of hydrogen-bond donors (Lipinski definition) is 1. The van der Waals surface area contributed by atoms with Crippen molar-refractivity contribution in [1.29, 1.82) is 0 Å². The van der Waals surface area contributed by atoms with Crippen molar-refractivity contribution >= 4 is 18.6 Å². The first kappa shape index (κ1) is 16.3. The maximum Gasteiger partial charge on any atom is 0.494 e. The Balaban J connectivity index is 1.64. The van der Waals surface area contributed by atoms with Crippen molar-refractivity contribution in [2.24, 2.45) is 0 Å². The first-order chi connectivity index (χ1) is 10.7. The minimum atomic E-state index is -0.321. The lowest BCUT2D eigenvalue weighted by Crippen LogP contribution is -2.51. The van der Waals surface area contributed by atoms with E-state index < -0.39 is 0 Å². The number of amides is 2. The van der Waals surface area contributed by atoms with E-state index >= 15 is 0 Å². The lowest BCUT2D eigenvalue weighted by molar-refractivity contribution is 0.00578. The summed E-state index contributed by atoms with van der Waals surface area (Å²) in [6.07, 6.45) is 0. The third-order valence-corrected chi connectivity index (χ3v) is 5.32. The zero-order valence-electron chi connectivity index (χ0n) is 14.6. The SMILES string of the molecule is CNC(=O)N1CC(c2ccc(B3OC(C)(C)C(C)(C)O3)cc2)C1. The van der Waals surface area contributed by atoms with Gasteiger partial charge in [0.25, 0.3) is 0 Å². The van der Waals surface area contributed by atoms with Gasteiger partial charge < -0.3 is 19.5 Å². The van der Waals surface area contributed by atoms with Gasteiger partial charge in [-0.1, -0.05) is 24.3 Å². The minimum Gasteiger partial charge on any atom is -0.399 e. The number of rotatable bonds is 2. The molecule has 2 aliphatic rings. The molecule has 0 saturated carbocycles. The Hall–Kier alpha value is -1.53. The van der Waals surface area contributed by atoms with Crippen LogP contribution in [0, 0.1) is 0 Å². The number of carbonyl (C=O) groups excluding carboxylic acids is 1. The molecule has 1 N–H and O–H groups in total. The summed E-state index contributed by atoms with van der Waals surface area (Å²) in [5, 5.41) is 2.65. The highest BCUT2D eigenvalue weighted by molar-refractivity contribution is 6.62. The van der Waals surface area contributed by atoms with Gasteiger partial charge in [0.2, 0.25) is 0 Å². The summed E-state index contributed by atoms with van der Waals surface area (Å²) in [7, 11) is 1.34. The molecule has 1 aromatic carbocycles. The van der Waals surface area contributed by atoms with E-state index in [0.717, 1.165) is 18.6 Å². The van der Waals surface area contributed by atoms with Crippen LogP contribution in [0.3, 0.4) is 0 Å². The fraction of sp³-hybridized carbons (Fsp3) is 0.588. The molecule has 0 aromatic heterocycles. The molecule has 0 atom stereocenters. The average molecular weight is 316 g/mol. The van der Waals surface area contributed by atoms with Crippen molar-refractivity contribution in [3.8, 4) is 0 Å². The second-order valence-corrected chi connectivity index (χ2v) is 7.41. The summed E-state index contributed by atoms with van der Waals surface area (Å²) in [5.41, 5.74) is 1.65. The highest BCUT2D eigenvalue weighted by Gasteiger charge is 2.51. The summed E-state index contributed by atoms with van der Waals surface area (Å²) in [6.45, 7) is 9.78. The Morgan fingerprint density at radius 1 is 1.13 bits per heavy atom. The van der Waals surface area contributed by atoms with E-state index in [2.05, 4.69) is 57.3 Å². The third-order valence-electron chi connectivity index (χ3n) is 5.32. The monoisotopic (exact) mass is 316 g/mol. The number of likely N-dealkylation sites (tertiary alicyclic amines) is 1. The van der Waals surface area contributed by atoms with E-state index in [1.165, 1.54) is 5.56 Å². The van der Waals surface area contributed by atoms with Crippen LogP contribution in [0.4, 0.5) is 4.79 Å². The van der Waals surface area contributed by atoms with Crippen molar-refractivity contribution < 1.29 is 14.1 Å². The van der Waals surface area contributed by atoms with Crippen molar-refractivity contribution in [2.45, 2.75) is 44.8 Å². The lowest BCUT2D eigenvalue weighted by atomic mass is 9.78. The molecule has 2 fully saturated rings. The number of nitrogens with zero attached hydrogens (tertiary/aromatic N) is 1. The largest absolute Gasteiger partial charge is 0.494 e. The van der Waals surface area contributed by atoms with Gasteiger partial charge in [0.05, 0.1) is 11.2 Å². The molecule has 3 rings (SSSR count). The van der Waals surface area contributed by atoms with Crippen molar-refractivity contribution in [1.82, 2.24) is 10.2 Å². The lowest BCUT2D eigenvalue weighted by Gasteiger charge is -2.39. The molecule has 0 spiro atoms.